The first-order chi connectivity index (χ1) is 12.0. The Balaban J connectivity index is 1.61. The summed E-state index contributed by atoms with van der Waals surface area (Å²) in [4.78, 5) is 23.9. The minimum atomic E-state index is -0.239. The van der Waals surface area contributed by atoms with Crippen molar-refractivity contribution in [3.05, 3.63) is 65.2 Å². The molecule has 0 bridgehead atoms. The van der Waals surface area contributed by atoms with Gasteiger partial charge in [0, 0.05) is 17.2 Å². The minimum Gasteiger partial charge on any atom is -0.326 e. The second kappa shape index (κ2) is 7.30. The van der Waals surface area contributed by atoms with E-state index < -0.39 is 0 Å². The highest BCUT2D eigenvalue weighted by Crippen LogP contribution is 2.30. The summed E-state index contributed by atoms with van der Waals surface area (Å²) in [6, 6.07) is 14.8. The van der Waals surface area contributed by atoms with Gasteiger partial charge in [-0.2, -0.15) is 5.10 Å². The Morgan fingerprint density at radius 1 is 1.04 bits per heavy atom. The molecule has 0 aromatic heterocycles. The molecule has 2 N–H and O–H groups in total. The van der Waals surface area contributed by atoms with Gasteiger partial charge >= 0.3 is 0 Å². The van der Waals surface area contributed by atoms with Gasteiger partial charge in [-0.05, 0) is 56.5 Å². The lowest BCUT2D eigenvalue weighted by Crippen LogP contribution is -2.19. The van der Waals surface area contributed by atoms with Crippen molar-refractivity contribution in [1.29, 1.82) is 0 Å². The molecule has 0 heterocycles. The zero-order valence-electron chi connectivity index (χ0n) is 14.4. The van der Waals surface area contributed by atoms with Crippen LogP contribution in [0.1, 0.15) is 41.3 Å². The van der Waals surface area contributed by atoms with Crippen LogP contribution in [0.2, 0.25) is 0 Å². The summed E-state index contributed by atoms with van der Waals surface area (Å²) in [5.74, 6) is 0.0275. The second-order valence-corrected chi connectivity index (χ2v) is 6.35. The van der Waals surface area contributed by atoms with Gasteiger partial charge in [0.2, 0.25) is 5.91 Å². The van der Waals surface area contributed by atoms with E-state index in [4.69, 9.17) is 0 Å². The van der Waals surface area contributed by atoms with E-state index in [9.17, 15) is 9.59 Å². The van der Waals surface area contributed by atoms with E-state index in [2.05, 4.69) is 15.8 Å². The molecule has 25 heavy (non-hydrogen) atoms. The first-order valence-corrected chi connectivity index (χ1v) is 8.35. The summed E-state index contributed by atoms with van der Waals surface area (Å²) in [7, 11) is 0. The van der Waals surface area contributed by atoms with Gasteiger partial charge in [0.15, 0.2) is 0 Å². The number of hydrogen-bond acceptors (Lipinski definition) is 3. The number of rotatable bonds is 5. The summed E-state index contributed by atoms with van der Waals surface area (Å²) in [6.45, 7) is 3.77. The number of hydrogen-bond donors (Lipinski definition) is 2. The molecule has 2 amide bonds. The summed E-state index contributed by atoms with van der Waals surface area (Å²) < 4.78 is 0. The number of carbonyl (C=O) groups is 2. The largest absolute Gasteiger partial charge is 0.326 e. The molecule has 0 aliphatic heterocycles. The molecule has 5 heteroatoms. The Labute approximate surface area is 147 Å². The highest BCUT2D eigenvalue weighted by molar-refractivity contribution is 6.01. The molecule has 2 aromatic rings. The molecule has 3 rings (SSSR count). The van der Waals surface area contributed by atoms with Crippen molar-refractivity contribution in [2.45, 2.75) is 26.7 Å². The summed E-state index contributed by atoms with van der Waals surface area (Å²) in [5, 5.41) is 7.06. The van der Waals surface area contributed by atoms with Crippen molar-refractivity contribution >= 4 is 23.2 Å². The summed E-state index contributed by atoms with van der Waals surface area (Å²) in [5.41, 5.74) is 6.53. The van der Waals surface area contributed by atoms with Crippen LogP contribution in [0.4, 0.5) is 5.69 Å². The van der Waals surface area contributed by atoms with Crippen LogP contribution in [0.5, 0.6) is 0 Å². The number of carbonyl (C=O) groups excluding carboxylic acids is 2. The average Bonchev–Trinajstić information content (AvgIpc) is 3.45. The summed E-state index contributed by atoms with van der Waals surface area (Å²) in [6.07, 6.45) is 1.96. The Hall–Kier alpha value is -2.95. The van der Waals surface area contributed by atoms with E-state index in [-0.39, 0.29) is 17.7 Å². The molecule has 0 radical (unpaired) electrons. The maximum absolute atomic E-state index is 12.1. The number of aryl methyl sites for hydroxylation is 1. The molecular weight excluding hydrogens is 314 g/mol. The van der Waals surface area contributed by atoms with Crippen molar-refractivity contribution in [3.8, 4) is 0 Å². The lowest BCUT2D eigenvalue weighted by Gasteiger charge is -2.06. The Morgan fingerprint density at radius 3 is 2.40 bits per heavy atom. The van der Waals surface area contributed by atoms with E-state index in [0.717, 1.165) is 29.7 Å². The molecule has 5 nitrogen and oxygen atoms in total. The maximum Gasteiger partial charge on any atom is 0.271 e. The Bertz CT molecular complexity index is 821. The number of nitrogens with one attached hydrogen (secondary N) is 2. The monoisotopic (exact) mass is 335 g/mol. The highest BCUT2D eigenvalue weighted by atomic mass is 16.2. The number of anilines is 1. The van der Waals surface area contributed by atoms with Crippen molar-refractivity contribution in [1.82, 2.24) is 5.43 Å². The van der Waals surface area contributed by atoms with Gasteiger partial charge in [0.25, 0.3) is 5.91 Å². The average molecular weight is 335 g/mol. The molecule has 2 aromatic carbocycles. The molecule has 1 aliphatic rings. The lowest BCUT2D eigenvalue weighted by atomic mass is 10.1. The zero-order valence-corrected chi connectivity index (χ0v) is 14.4. The molecule has 1 aliphatic carbocycles. The molecule has 0 spiro atoms. The first-order valence-electron chi connectivity index (χ1n) is 8.35. The van der Waals surface area contributed by atoms with Crippen LogP contribution in [-0.2, 0) is 4.79 Å². The van der Waals surface area contributed by atoms with Gasteiger partial charge < -0.3 is 5.32 Å². The van der Waals surface area contributed by atoms with E-state index in [1.807, 2.05) is 56.3 Å². The van der Waals surface area contributed by atoms with Crippen molar-refractivity contribution in [2.24, 2.45) is 11.0 Å². The number of nitrogens with zero attached hydrogens (tertiary/aromatic N) is 1. The van der Waals surface area contributed by atoms with Crippen LogP contribution < -0.4 is 10.7 Å². The zero-order chi connectivity index (χ0) is 17.8. The van der Waals surface area contributed by atoms with Crippen molar-refractivity contribution in [3.63, 3.8) is 0 Å². The number of amides is 2. The van der Waals surface area contributed by atoms with Crippen LogP contribution in [0.3, 0.4) is 0 Å². The molecule has 1 fully saturated rings. The smallest absolute Gasteiger partial charge is 0.271 e. The lowest BCUT2D eigenvalue weighted by molar-refractivity contribution is -0.117. The minimum absolute atomic E-state index is 0.0866. The van der Waals surface area contributed by atoms with Gasteiger partial charge in [-0.15, -0.1) is 0 Å². The second-order valence-electron chi connectivity index (χ2n) is 6.35. The number of hydrazone groups is 1. The van der Waals surface area contributed by atoms with Gasteiger partial charge in [0.05, 0.1) is 5.71 Å². The van der Waals surface area contributed by atoms with Gasteiger partial charge in [-0.3, -0.25) is 9.59 Å². The topological polar surface area (TPSA) is 70.6 Å². The van der Waals surface area contributed by atoms with Crippen molar-refractivity contribution < 1.29 is 9.59 Å². The van der Waals surface area contributed by atoms with Gasteiger partial charge in [-0.1, -0.05) is 29.8 Å². The normalized spacial score (nSPS) is 14.1. The third kappa shape index (κ3) is 4.53. The van der Waals surface area contributed by atoms with Gasteiger partial charge in [0.1, 0.15) is 0 Å². The molecule has 1 saturated carbocycles. The van der Waals surface area contributed by atoms with E-state index in [0.29, 0.717) is 11.3 Å². The predicted octanol–water partition coefficient (Wildman–Crippen LogP) is 3.50. The quantitative estimate of drug-likeness (QED) is 0.648. The molecule has 0 unspecified atom stereocenters. The predicted molar refractivity (Wildman–Crippen MR) is 98.7 cm³/mol. The van der Waals surface area contributed by atoms with Crippen LogP contribution in [0.25, 0.3) is 0 Å². The fourth-order valence-electron chi connectivity index (χ4n) is 2.43. The standard InChI is InChI=1S/C20H21N3O2/c1-13-4-3-5-17(12-13)20(25)23-22-14(2)15-8-10-18(11-9-15)21-19(24)16-6-7-16/h3-5,8-12,16H,6-7H2,1-2H3,(H,21,24)(H,23,25). The highest BCUT2D eigenvalue weighted by Gasteiger charge is 2.29. The maximum atomic E-state index is 12.1. The van der Waals surface area contributed by atoms with Crippen LogP contribution >= 0.6 is 0 Å². The first kappa shape index (κ1) is 16.9. The Kier molecular flexibility index (Phi) is 4.93. The Morgan fingerprint density at radius 2 is 1.76 bits per heavy atom. The van der Waals surface area contributed by atoms with Crippen LogP contribution in [0, 0.1) is 12.8 Å². The molecule has 0 atom stereocenters. The SMILES string of the molecule is CC(=NNC(=O)c1cccc(C)c1)c1ccc(NC(=O)C2CC2)cc1. The number of benzene rings is 2. The van der Waals surface area contributed by atoms with Gasteiger partial charge in [-0.25, -0.2) is 5.43 Å². The van der Waals surface area contributed by atoms with Crippen molar-refractivity contribution in [2.75, 3.05) is 5.32 Å². The molecule has 128 valence electrons. The third-order valence-electron chi connectivity index (χ3n) is 4.12. The van der Waals surface area contributed by atoms with E-state index >= 15 is 0 Å². The van der Waals surface area contributed by atoms with Crippen LogP contribution in [-0.4, -0.2) is 17.5 Å². The third-order valence-corrected chi connectivity index (χ3v) is 4.12. The fraction of sp³-hybridized carbons (Fsp3) is 0.250. The van der Waals surface area contributed by atoms with E-state index in [1.165, 1.54) is 0 Å². The van der Waals surface area contributed by atoms with Crippen LogP contribution in [0.15, 0.2) is 53.6 Å². The molecular formula is C20H21N3O2. The van der Waals surface area contributed by atoms with E-state index in [1.54, 1.807) is 6.07 Å². The summed E-state index contributed by atoms with van der Waals surface area (Å²) >= 11 is 0. The fourth-order valence-corrected chi connectivity index (χ4v) is 2.43. The molecule has 0 saturated heterocycles.